The van der Waals surface area contributed by atoms with Crippen molar-refractivity contribution in [3.63, 3.8) is 0 Å². The molecule has 0 spiro atoms. The Morgan fingerprint density at radius 2 is 1.97 bits per heavy atom. The first-order chi connectivity index (χ1) is 15.9. The van der Waals surface area contributed by atoms with Gasteiger partial charge in [-0.25, -0.2) is 4.79 Å². The van der Waals surface area contributed by atoms with E-state index in [1.54, 1.807) is 13.2 Å². The third-order valence-corrected chi connectivity index (χ3v) is 6.60. The number of nitrogens with one attached hydrogen (secondary N) is 1. The van der Waals surface area contributed by atoms with Crippen LogP contribution in [0.25, 0.3) is 11.1 Å². The topological polar surface area (TPSA) is 95.3 Å². The van der Waals surface area contributed by atoms with E-state index in [0.717, 1.165) is 11.4 Å². The van der Waals surface area contributed by atoms with Gasteiger partial charge in [0.05, 0.1) is 20.0 Å². The van der Waals surface area contributed by atoms with E-state index in [-0.39, 0.29) is 17.6 Å². The normalized spacial score (nSPS) is 10.8. The SMILES string of the molecule is C=CCn1c(SCC(=O)Nc2scc(-c3ccc(OC)cc3)c2C(=O)OC)nnc1C(C)C. The lowest BCUT2D eigenvalue weighted by atomic mass is 10.0. The van der Waals surface area contributed by atoms with Crippen molar-refractivity contribution in [3.8, 4) is 16.9 Å². The van der Waals surface area contributed by atoms with Crippen molar-refractivity contribution >= 4 is 40.0 Å². The average Bonchev–Trinajstić information content (AvgIpc) is 3.41. The predicted octanol–water partition coefficient (Wildman–Crippen LogP) is 4.84. The van der Waals surface area contributed by atoms with E-state index in [4.69, 9.17) is 9.47 Å². The van der Waals surface area contributed by atoms with Gasteiger partial charge < -0.3 is 19.4 Å². The molecular weight excluding hydrogens is 460 g/mol. The fourth-order valence-corrected chi connectivity index (χ4v) is 4.89. The van der Waals surface area contributed by atoms with Crippen molar-refractivity contribution in [3.05, 3.63) is 53.7 Å². The molecule has 0 saturated carbocycles. The summed E-state index contributed by atoms with van der Waals surface area (Å²) in [5, 5.41) is 14.2. The Balaban J connectivity index is 1.78. The lowest BCUT2D eigenvalue weighted by molar-refractivity contribution is -0.113. The van der Waals surface area contributed by atoms with Gasteiger partial charge in [-0.05, 0) is 17.7 Å². The highest BCUT2D eigenvalue weighted by Gasteiger charge is 2.23. The summed E-state index contributed by atoms with van der Waals surface area (Å²) in [4.78, 5) is 25.2. The van der Waals surface area contributed by atoms with Gasteiger partial charge in [0.1, 0.15) is 22.1 Å². The Bertz CT molecular complexity index is 1140. The predicted molar refractivity (Wildman–Crippen MR) is 131 cm³/mol. The van der Waals surface area contributed by atoms with Crippen LogP contribution in [-0.2, 0) is 16.1 Å². The minimum Gasteiger partial charge on any atom is -0.497 e. The molecule has 3 aromatic rings. The number of thiophene rings is 1. The average molecular weight is 487 g/mol. The summed E-state index contributed by atoms with van der Waals surface area (Å²) >= 11 is 2.56. The molecule has 0 saturated heterocycles. The number of hydrogen-bond acceptors (Lipinski definition) is 8. The van der Waals surface area contributed by atoms with Gasteiger partial charge in [-0.1, -0.05) is 43.8 Å². The van der Waals surface area contributed by atoms with E-state index in [0.29, 0.717) is 33.6 Å². The van der Waals surface area contributed by atoms with Gasteiger partial charge >= 0.3 is 5.97 Å². The second-order valence-corrected chi connectivity index (χ2v) is 9.13. The summed E-state index contributed by atoms with van der Waals surface area (Å²) in [5.74, 6) is 1.09. The van der Waals surface area contributed by atoms with Crippen LogP contribution in [0.5, 0.6) is 5.75 Å². The molecule has 0 radical (unpaired) electrons. The van der Waals surface area contributed by atoms with E-state index >= 15 is 0 Å². The van der Waals surface area contributed by atoms with E-state index in [9.17, 15) is 9.59 Å². The molecule has 1 N–H and O–H groups in total. The molecule has 33 heavy (non-hydrogen) atoms. The molecule has 2 aromatic heterocycles. The Hall–Kier alpha value is -3.11. The molecule has 10 heteroatoms. The molecule has 0 bridgehead atoms. The molecule has 0 unspecified atom stereocenters. The van der Waals surface area contributed by atoms with Gasteiger partial charge in [0.15, 0.2) is 5.16 Å². The third-order valence-electron chi connectivity index (χ3n) is 4.74. The van der Waals surface area contributed by atoms with Crippen LogP contribution in [0.15, 0.2) is 47.5 Å². The molecule has 0 aliphatic heterocycles. The van der Waals surface area contributed by atoms with Crippen LogP contribution in [-0.4, -0.2) is 46.6 Å². The number of allylic oxidation sites excluding steroid dienone is 1. The number of aromatic nitrogens is 3. The smallest absolute Gasteiger partial charge is 0.341 e. The van der Waals surface area contributed by atoms with E-state index in [2.05, 4.69) is 22.1 Å². The Morgan fingerprint density at radius 1 is 1.24 bits per heavy atom. The van der Waals surface area contributed by atoms with Crippen LogP contribution >= 0.6 is 23.1 Å². The number of methoxy groups -OCH3 is 2. The highest BCUT2D eigenvalue weighted by Crippen LogP contribution is 2.37. The monoisotopic (exact) mass is 486 g/mol. The number of carbonyl (C=O) groups is 2. The molecule has 2 heterocycles. The van der Waals surface area contributed by atoms with Crippen LogP contribution in [0.4, 0.5) is 5.00 Å². The van der Waals surface area contributed by atoms with E-state index in [1.807, 2.05) is 48.1 Å². The van der Waals surface area contributed by atoms with Crippen LogP contribution in [0.3, 0.4) is 0 Å². The van der Waals surface area contributed by atoms with Crippen molar-refractivity contribution in [1.82, 2.24) is 14.8 Å². The Labute approximate surface area is 201 Å². The largest absolute Gasteiger partial charge is 0.497 e. The highest BCUT2D eigenvalue weighted by atomic mass is 32.2. The first kappa shape index (κ1) is 24.5. The maximum Gasteiger partial charge on any atom is 0.341 e. The van der Waals surface area contributed by atoms with Crippen LogP contribution in [0.2, 0.25) is 0 Å². The maximum absolute atomic E-state index is 12.7. The van der Waals surface area contributed by atoms with Crippen LogP contribution in [0, 0.1) is 0 Å². The standard InChI is InChI=1S/C23H26N4O4S2/c1-6-11-27-20(14(2)3)25-26-23(27)33-13-18(28)24-21-19(22(29)31-5)17(12-32-21)15-7-9-16(30-4)10-8-15/h6-10,12,14H,1,11,13H2,2-5H3,(H,24,28). The number of esters is 1. The summed E-state index contributed by atoms with van der Waals surface area (Å²) in [7, 11) is 2.91. The second kappa shape index (κ2) is 11.2. The molecule has 8 nitrogen and oxygen atoms in total. The van der Waals surface area contributed by atoms with E-state index < -0.39 is 5.97 Å². The lowest BCUT2D eigenvalue weighted by Gasteiger charge is -2.10. The van der Waals surface area contributed by atoms with Gasteiger partial charge in [-0.15, -0.1) is 28.1 Å². The molecule has 1 aromatic carbocycles. The zero-order valence-electron chi connectivity index (χ0n) is 19.0. The second-order valence-electron chi connectivity index (χ2n) is 7.31. The molecule has 0 aliphatic carbocycles. The van der Waals surface area contributed by atoms with Gasteiger partial charge in [-0.2, -0.15) is 0 Å². The molecule has 174 valence electrons. The van der Waals surface area contributed by atoms with Gasteiger partial charge in [0.2, 0.25) is 5.91 Å². The number of amides is 1. The number of benzene rings is 1. The number of ether oxygens (including phenoxy) is 2. The maximum atomic E-state index is 12.7. The number of carbonyl (C=O) groups excluding carboxylic acids is 2. The Morgan fingerprint density at radius 3 is 2.58 bits per heavy atom. The van der Waals surface area contributed by atoms with E-state index in [1.165, 1.54) is 30.2 Å². The van der Waals surface area contributed by atoms with Crippen molar-refractivity contribution in [2.24, 2.45) is 0 Å². The Kier molecular flexibility index (Phi) is 8.29. The number of nitrogens with zero attached hydrogens (tertiary/aromatic N) is 3. The first-order valence-electron chi connectivity index (χ1n) is 10.2. The van der Waals surface area contributed by atoms with Gasteiger partial charge in [-0.3, -0.25) is 4.79 Å². The third kappa shape index (κ3) is 5.63. The summed E-state index contributed by atoms with van der Waals surface area (Å²) < 4.78 is 12.1. The number of thioether (sulfide) groups is 1. The molecule has 0 fully saturated rings. The minimum absolute atomic E-state index is 0.115. The molecular formula is C23H26N4O4S2. The zero-order valence-corrected chi connectivity index (χ0v) is 20.6. The van der Waals surface area contributed by atoms with Crippen molar-refractivity contribution < 1.29 is 19.1 Å². The zero-order chi connectivity index (χ0) is 24.0. The van der Waals surface area contributed by atoms with Gasteiger partial charge in [0, 0.05) is 23.4 Å². The molecule has 0 aliphatic rings. The number of anilines is 1. The minimum atomic E-state index is -0.516. The molecule has 3 rings (SSSR count). The van der Waals surface area contributed by atoms with Gasteiger partial charge in [0.25, 0.3) is 0 Å². The number of hydrogen-bond donors (Lipinski definition) is 1. The summed E-state index contributed by atoms with van der Waals surface area (Å²) in [6.07, 6.45) is 1.77. The summed E-state index contributed by atoms with van der Waals surface area (Å²) in [6.45, 7) is 8.42. The first-order valence-corrected chi connectivity index (χ1v) is 12.1. The van der Waals surface area contributed by atoms with Crippen LogP contribution < -0.4 is 10.1 Å². The summed E-state index contributed by atoms with van der Waals surface area (Å²) in [5.41, 5.74) is 1.83. The molecule has 0 atom stereocenters. The summed E-state index contributed by atoms with van der Waals surface area (Å²) in [6, 6.07) is 7.34. The quantitative estimate of drug-likeness (QED) is 0.249. The highest BCUT2D eigenvalue weighted by molar-refractivity contribution is 7.99. The van der Waals surface area contributed by atoms with Crippen LogP contribution in [0.1, 0.15) is 35.9 Å². The number of rotatable bonds is 10. The lowest BCUT2D eigenvalue weighted by Crippen LogP contribution is -2.16. The van der Waals surface area contributed by atoms with Crippen molar-refractivity contribution in [2.45, 2.75) is 31.5 Å². The fourth-order valence-electron chi connectivity index (χ4n) is 3.17. The fraction of sp³-hybridized carbons (Fsp3) is 0.304. The van der Waals surface area contributed by atoms with Crippen molar-refractivity contribution in [1.29, 1.82) is 0 Å². The van der Waals surface area contributed by atoms with Crippen molar-refractivity contribution in [2.75, 3.05) is 25.3 Å². The molecule has 1 amide bonds.